The molecule has 0 amide bonds. The van der Waals surface area contributed by atoms with E-state index in [-0.39, 0.29) is 21.1 Å². The molecule has 34 heavy (non-hydrogen) atoms. The second kappa shape index (κ2) is 8.14. The number of sulfone groups is 1. The first-order chi connectivity index (χ1) is 16.3. The number of nitrogens with two attached hydrogens (primary N) is 1. The Labute approximate surface area is 197 Å². The summed E-state index contributed by atoms with van der Waals surface area (Å²) in [5, 5.41) is 0. The number of benzene rings is 3. The molecule has 5 aromatic rings. The Morgan fingerprint density at radius 3 is 2.29 bits per heavy atom. The number of methoxy groups -OCH3 is 1. The Kier molecular flexibility index (Phi) is 5.25. The second-order valence-corrected chi connectivity index (χ2v) is 10.2. The molecule has 0 unspecified atom stereocenters. The third-order valence-corrected chi connectivity index (χ3v) is 7.91. The molecule has 0 bridgehead atoms. The number of para-hydroxylation sites is 2. The highest BCUT2D eigenvalue weighted by molar-refractivity contribution is 7.92. The van der Waals surface area contributed by atoms with Gasteiger partial charge in [-0.25, -0.2) is 18.4 Å². The number of ether oxygens (including phenoxy) is 1. The van der Waals surface area contributed by atoms with E-state index in [1.54, 1.807) is 30.7 Å². The largest absolute Gasteiger partial charge is 0.497 e. The van der Waals surface area contributed by atoms with Crippen molar-refractivity contribution in [1.82, 2.24) is 14.5 Å². The molecule has 8 heteroatoms. The molecule has 0 radical (unpaired) electrons. The van der Waals surface area contributed by atoms with E-state index in [4.69, 9.17) is 20.4 Å². The highest BCUT2D eigenvalue weighted by atomic mass is 32.2. The van der Waals surface area contributed by atoms with Crippen LogP contribution in [0.2, 0.25) is 0 Å². The van der Waals surface area contributed by atoms with Crippen molar-refractivity contribution in [2.75, 3.05) is 12.8 Å². The van der Waals surface area contributed by atoms with Gasteiger partial charge in [0.05, 0.1) is 29.6 Å². The summed E-state index contributed by atoms with van der Waals surface area (Å²) < 4.78 is 34.9. The molecule has 2 heterocycles. The van der Waals surface area contributed by atoms with Gasteiger partial charge in [-0.15, -0.1) is 0 Å². The van der Waals surface area contributed by atoms with Crippen molar-refractivity contribution in [2.45, 2.75) is 30.2 Å². The number of hydrogen-bond donors (Lipinski definition) is 1. The van der Waals surface area contributed by atoms with Gasteiger partial charge in [-0.3, -0.25) is 0 Å². The topological polar surface area (TPSA) is 100 Å². The van der Waals surface area contributed by atoms with Gasteiger partial charge in [0.1, 0.15) is 22.0 Å². The normalized spacial score (nSPS) is 11.9. The first-order valence-corrected chi connectivity index (χ1v) is 12.3. The van der Waals surface area contributed by atoms with E-state index in [2.05, 4.69) is 0 Å². The van der Waals surface area contributed by atoms with E-state index < -0.39 is 9.84 Å². The second-order valence-electron chi connectivity index (χ2n) is 8.31. The molecule has 3 aromatic carbocycles. The van der Waals surface area contributed by atoms with E-state index in [1.165, 1.54) is 0 Å². The zero-order chi connectivity index (χ0) is 24.0. The summed E-state index contributed by atoms with van der Waals surface area (Å²) in [6, 6.07) is 20.3. The van der Waals surface area contributed by atoms with Crippen LogP contribution < -0.4 is 10.5 Å². The summed E-state index contributed by atoms with van der Waals surface area (Å²) in [7, 11) is -2.36. The van der Waals surface area contributed by atoms with Gasteiger partial charge in [-0.1, -0.05) is 36.4 Å². The molecule has 7 nitrogen and oxygen atoms in total. The fraction of sp³-hybridized carbons (Fsp3) is 0.154. The van der Waals surface area contributed by atoms with Crippen LogP contribution in [0.3, 0.4) is 0 Å². The molecule has 2 N–H and O–H groups in total. The SMILES string of the molecule is COc1ccc(Cn2c(N)c(S(=O)(=O)c3cc(C)ccc3C)c3nc4ccccc4nc32)cc1. The van der Waals surface area contributed by atoms with Gasteiger partial charge >= 0.3 is 0 Å². The summed E-state index contributed by atoms with van der Waals surface area (Å²) in [5.74, 6) is 0.847. The van der Waals surface area contributed by atoms with Crippen LogP contribution in [0.1, 0.15) is 16.7 Å². The predicted octanol–water partition coefficient (Wildman–Crippen LogP) is 4.67. The fourth-order valence-corrected chi connectivity index (χ4v) is 5.96. The van der Waals surface area contributed by atoms with E-state index in [0.717, 1.165) is 16.9 Å². The minimum absolute atomic E-state index is 0.0111. The average molecular weight is 473 g/mol. The highest BCUT2D eigenvalue weighted by Crippen LogP contribution is 2.37. The quantitative estimate of drug-likeness (QED) is 0.399. The molecule has 0 atom stereocenters. The molecular weight excluding hydrogens is 448 g/mol. The minimum Gasteiger partial charge on any atom is -0.497 e. The average Bonchev–Trinajstić information content (AvgIpc) is 3.10. The number of hydrogen-bond acceptors (Lipinski definition) is 6. The lowest BCUT2D eigenvalue weighted by Crippen LogP contribution is -2.10. The Morgan fingerprint density at radius 2 is 1.62 bits per heavy atom. The van der Waals surface area contributed by atoms with Crippen LogP contribution in [-0.2, 0) is 16.4 Å². The van der Waals surface area contributed by atoms with Crippen molar-refractivity contribution in [3.8, 4) is 5.75 Å². The monoisotopic (exact) mass is 472 g/mol. The Balaban J connectivity index is 1.80. The standard InChI is InChI=1S/C26H24N4O3S/c1-16-8-9-17(2)22(14-16)34(31,32)24-23-26(29-21-7-5-4-6-20(21)28-23)30(25(24)27)15-18-10-12-19(33-3)13-11-18/h4-14H,15,27H2,1-3H3. The Morgan fingerprint density at radius 1 is 0.941 bits per heavy atom. The van der Waals surface area contributed by atoms with Gasteiger partial charge in [-0.2, -0.15) is 0 Å². The zero-order valence-corrected chi connectivity index (χ0v) is 19.9. The summed E-state index contributed by atoms with van der Waals surface area (Å²) in [5.41, 5.74) is 11.0. The van der Waals surface area contributed by atoms with Crippen molar-refractivity contribution in [2.24, 2.45) is 0 Å². The molecule has 0 spiro atoms. The number of aryl methyl sites for hydroxylation is 2. The molecule has 5 rings (SSSR count). The number of rotatable bonds is 5. The van der Waals surface area contributed by atoms with Crippen molar-refractivity contribution in [3.63, 3.8) is 0 Å². The van der Waals surface area contributed by atoms with Crippen LogP contribution in [0, 0.1) is 13.8 Å². The summed E-state index contributed by atoms with van der Waals surface area (Å²) in [6.07, 6.45) is 0. The van der Waals surface area contributed by atoms with E-state index >= 15 is 0 Å². The first-order valence-electron chi connectivity index (χ1n) is 10.8. The number of nitrogens with zero attached hydrogens (tertiary/aromatic N) is 3. The fourth-order valence-electron chi connectivity index (χ4n) is 4.13. The zero-order valence-electron chi connectivity index (χ0n) is 19.1. The van der Waals surface area contributed by atoms with Crippen LogP contribution >= 0.6 is 0 Å². The number of aromatic nitrogens is 3. The van der Waals surface area contributed by atoms with Crippen LogP contribution in [0.4, 0.5) is 5.82 Å². The van der Waals surface area contributed by atoms with Gasteiger partial charge in [0, 0.05) is 0 Å². The van der Waals surface area contributed by atoms with Gasteiger partial charge in [-0.05, 0) is 60.9 Å². The van der Waals surface area contributed by atoms with Crippen molar-refractivity contribution in [3.05, 3.63) is 83.4 Å². The first kappa shape index (κ1) is 21.9. The molecular formula is C26H24N4O3S. The maximum Gasteiger partial charge on any atom is 0.212 e. The lowest BCUT2D eigenvalue weighted by molar-refractivity contribution is 0.414. The molecule has 172 valence electrons. The summed E-state index contributed by atoms with van der Waals surface area (Å²) in [6.45, 7) is 3.98. The number of nitrogen functional groups attached to an aromatic ring is 1. The maximum atomic E-state index is 13.9. The van der Waals surface area contributed by atoms with Gasteiger partial charge in [0.2, 0.25) is 9.84 Å². The van der Waals surface area contributed by atoms with Crippen LogP contribution in [-0.4, -0.2) is 30.1 Å². The molecule has 0 aliphatic rings. The molecule has 2 aromatic heterocycles. The lowest BCUT2D eigenvalue weighted by atomic mass is 10.2. The maximum absolute atomic E-state index is 13.9. The van der Waals surface area contributed by atoms with Crippen molar-refractivity contribution >= 4 is 37.9 Å². The van der Waals surface area contributed by atoms with Gasteiger partial charge in [0.25, 0.3) is 0 Å². The minimum atomic E-state index is -3.97. The van der Waals surface area contributed by atoms with Crippen molar-refractivity contribution < 1.29 is 13.2 Å². The molecule has 0 saturated heterocycles. The number of fused-ring (bicyclic) bond motifs is 2. The number of anilines is 1. The lowest BCUT2D eigenvalue weighted by Gasteiger charge is -2.10. The van der Waals surface area contributed by atoms with Crippen LogP contribution in [0.5, 0.6) is 5.75 Å². The van der Waals surface area contributed by atoms with Gasteiger partial charge < -0.3 is 15.0 Å². The predicted molar refractivity (Wildman–Crippen MR) is 133 cm³/mol. The molecule has 0 aliphatic carbocycles. The highest BCUT2D eigenvalue weighted by Gasteiger charge is 2.31. The van der Waals surface area contributed by atoms with E-state index in [1.807, 2.05) is 61.5 Å². The smallest absolute Gasteiger partial charge is 0.212 e. The third kappa shape index (κ3) is 3.56. The van der Waals surface area contributed by atoms with E-state index in [0.29, 0.717) is 28.8 Å². The summed E-state index contributed by atoms with van der Waals surface area (Å²) >= 11 is 0. The van der Waals surface area contributed by atoms with Crippen LogP contribution in [0.25, 0.3) is 22.2 Å². The van der Waals surface area contributed by atoms with Crippen LogP contribution in [0.15, 0.2) is 76.5 Å². The summed E-state index contributed by atoms with van der Waals surface area (Å²) in [4.78, 5) is 9.69. The Bertz CT molecular complexity index is 1660. The molecule has 0 aliphatic heterocycles. The van der Waals surface area contributed by atoms with E-state index in [9.17, 15) is 8.42 Å². The Hall–Kier alpha value is -3.91. The molecule has 0 saturated carbocycles. The third-order valence-electron chi connectivity index (χ3n) is 5.95. The molecule has 0 fully saturated rings. The van der Waals surface area contributed by atoms with Crippen molar-refractivity contribution in [1.29, 1.82) is 0 Å². The van der Waals surface area contributed by atoms with Gasteiger partial charge in [0.15, 0.2) is 5.65 Å².